The second-order valence-corrected chi connectivity index (χ2v) is 7.94. The maximum atomic E-state index is 12.3. The monoisotopic (exact) mass is 334 g/mol. The van der Waals surface area contributed by atoms with E-state index in [9.17, 15) is 13.2 Å². The summed E-state index contributed by atoms with van der Waals surface area (Å²) >= 11 is 1.45. The molecule has 0 saturated heterocycles. The SMILES string of the molecule is CC1Sc2ccc(NS(=O)(=O)c3ccccc3)cc2NC1=O. The summed E-state index contributed by atoms with van der Waals surface area (Å²) in [4.78, 5) is 12.8. The molecule has 1 amide bonds. The molecule has 0 radical (unpaired) electrons. The van der Waals surface area contributed by atoms with Crippen molar-refractivity contribution in [2.75, 3.05) is 10.0 Å². The summed E-state index contributed by atoms with van der Waals surface area (Å²) in [5, 5.41) is 2.63. The topological polar surface area (TPSA) is 75.3 Å². The van der Waals surface area contributed by atoms with Crippen LogP contribution in [0.4, 0.5) is 11.4 Å². The van der Waals surface area contributed by atoms with Gasteiger partial charge in [0.15, 0.2) is 0 Å². The van der Waals surface area contributed by atoms with Gasteiger partial charge in [-0.1, -0.05) is 18.2 Å². The van der Waals surface area contributed by atoms with Crippen LogP contribution in [0, 0.1) is 0 Å². The smallest absolute Gasteiger partial charge is 0.261 e. The van der Waals surface area contributed by atoms with Gasteiger partial charge in [-0.15, -0.1) is 11.8 Å². The van der Waals surface area contributed by atoms with Crippen LogP contribution in [0.1, 0.15) is 6.92 Å². The standard InChI is InChI=1S/C15H14N2O3S2/c1-10-15(18)16-13-9-11(7-8-14(13)21-10)17-22(19,20)12-5-3-2-4-6-12/h2-10,17H,1H3,(H,16,18). The number of carbonyl (C=O) groups is 1. The molecule has 0 aliphatic carbocycles. The van der Waals surface area contributed by atoms with Crippen LogP contribution in [-0.4, -0.2) is 19.6 Å². The van der Waals surface area contributed by atoms with Gasteiger partial charge >= 0.3 is 0 Å². The van der Waals surface area contributed by atoms with Crippen LogP contribution in [0.2, 0.25) is 0 Å². The molecule has 114 valence electrons. The van der Waals surface area contributed by atoms with Crippen LogP contribution >= 0.6 is 11.8 Å². The van der Waals surface area contributed by atoms with Crippen molar-refractivity contribution in [3.63, 3.8) is 0 Å². The minimum Gasteiger partial charge on any atom is -0.324 e. The number of sulfonamides is 1. The molecule has 1 aliphatic rings. The lowest BCUT2D eigenvalue weighted by Gasteiger charge is -2.22. The fraction of sp³-hybridized carbons (Fsp3) is 0.133. The Balaban J connectivity index is 1.88. The van der Waals surface area contributed by atoms with Gasteiger partial charge in [-0.05, 0) is 37.3 Å². The largest absolute Gasteiger partial charge is 0.324 e. The molecule has 0 fully saturated rings. The average molecular weight is 334 g/mol. The van der Waals surface area contributed by atoms with Crippen molar-refractivity contribution in [3.8, 4) is 0 Å². The third-order valence-corrected chi connectivity index (χ3v) is 5.79. The van der Waals surface area contributed by atoms with Gasteiger partial charge in [-0.2, -0.15) is 0 Å². The normalized spacial score (nSPS) is 17.5. The number of rotatable bonds is 3. The summed E-state index contributed by atoms with van der Waals surface area (Å²) in [6, 6.07) is 13.3. The summed E-state index contributed by atoms with van der Waals surface area (Å²) < 4.78 is 27.1. The Morgan fingerprint density at radius 2 is 1.86 bits per heavy atom. The van der Waals surface area contributed by atoms with Gasteiger partial charge in [0.1, 0.15) is 0 Å². The van der Waals surface area contributed by atoms with Crippen LogP contribution in [-0.2, 0) is 14.8 Å². The van der Waals surface area contributed by atoms with Crippen molar-refractivity contribution >= 4 is 39.1 Å². The van der Waals surface area contributed by atoms with Gasteiger partial charge in [0.05, 0.1) is 21.5 Å². The molecule has 2 aromatic carbocycles. The lowest BCUT2D eigenvalue weighted by atomic mass is 10.2. The maximum Gasteiger partial charge on any atom is 0.261 e. The average Bonchev–Trinajstić information content (AvgIpc) is 2.49. The van der Waals surface area contributed by atoms with E-state index >= 15 is 0 Å². The van der Waals surface area contributed by atoms with Crippen molar-refractivity contribution < 1.29 is 13.2 Å². The van der Waals surface area contributed by atoms with Crippen molar-refractivity contribution in [2.24, 2.45) is 0 Å². The number of fused-ring (bicyclic) bond motifs is 1. The lowest BCUT2D eigenvalue weighted by molar-refractivity contribution is -0.115. The van der Waals surface area contributed by atoms with Crippen LogP contribution in [0.5, 0.6) is 0 Å². The van der Waals surface area contributed by atoms with Crippen LogP contribution in [0.25, 0.3) is 0 Å². The quantitative estimate of drug-likeness (QED) is 0.905. The van der Waals surface area contributed by atoms with Crippen LogP contribution in [0.3, 0.4) is 0 Å². The third kappa shape index (κ3) is 2.95. The van der Waals surface area contributed by atoms with E-state index in [4.69, 9.17) is 0 Å². The first kappa shape index (κ1) is 14.9. The molecular weight excluding hydrogens is 320 g/mol. The molecule has 22 heavy (non-hydrogen) atoms. The van der Waals surface area contributed by atoms with E-state index in [0.29, 0.717) is 11.4 Å². The molecule has 1 aliphatic heterocycles. The Morgan fingerprint density at radius 1 is 1.14 bits per heavy atom. The molecular formula is C15H14N2O3S2. The zero-order valence-electron chi connectivity index (χ0n) is 11.7. The molecule has 1 heterocycles. The van der Waals surface area contributed by atoms with Crippen molar-refractivity contribution in [2.45, 2.75) is 22.0 Å². The minimum absolute atomic E-state index is 0.0828. The Labute approximate surface area is 133 Å². The minimum atomic E-state index is -3.63. The van der Waals surface area contributed by atoms with E-state index < -0.39 is 10.0 Å². The first-order chi connectivity index (χ1) is 10.5. The molecule has 7 heteroatoms. The van der Waals surface area contributed by atoms with E-state index in [1.807, 2.05) is 6.92 Å². The Hall–Kier alpha value is -1.99. The van der Waals surface area contributed by atoms with E-state index in [2.05, 4.69) is 10.0 Å². The van der Waals surface area contributed by atoms with Crippen LogP contribution in [0.15, 0.2) is 58.3 Å². The van der Waals surface area contributed by atoms with Gasteiger partial charge < -0.3 is 5.32 Å². The highest BCUT2D eigenvalue weighted by Crippen LogP contribution is 2.37. The van der Waals surface area contributed by atoms with Gasteiger partial charge in [0.2, 0.25) is 5.91 Å². The highest BCUT2D eigenvalue weighted by molar-refractivity contribution is 8.01. The highest BCUT2D eigenvalue weighted by atomic mass is 32.2. The number of nitrogens with one attached hydrogen (secondary N) is 2. The van der Waals surface area contributed by atoms with E-state index in [-0.39, 0.29) is 16.1 Å². The molecule has 1 atom stereocenters. The number of amides is 1. The van der Waals surface area contributed by atoms with E-state index in [1.165, 1.54) is 23.9 Å². The van der Waals surface area contributed by atoms with E-state index in [0.717, 1.165) is 4.90 Å². The molecule has 0 spiro atoms. The zero-order valence-corrected chi connectivity index (χ0v) is 13.4. The van der Waals surface area contributed by atoms with Crippen molar-refractivity contribution in [1.82, 2.24) is 0 Å². The number of hydrogen-bond acceptors (Lipinski definition) is 4. The molecule has 1 unspecified atom stereocenters. The highest BCUT2D eigenvalue weighted by Gasteiger charge is 2.23. The van der Waals surface area contributed by atoms with Gasteiger partial charge in [0.25, 0.3) is 10.0 Å². The van der Waals surface area contributed by atoms with Crippen LogP contribution < -0.4 is 10.0 Å². The molecule has 5 nitrogen and oxygen atoms in total. The van der Waals surface area contributed by atoms with Gasteiger partial charge in [0, 0.05) is 4.90 Å². The summed E-state index contributed by atoms with van der Waals surface area (Å²) in [7, 11) is -3.63. The molecule has 0 saturated carbocycles. The van der Waals surface area contributed by atoms with Crippen molar-refractivity contribution in [1.29, 1.82) is 0 Å². The number of anilines is 2. The van der Waals surface area contributed by atoms with E-state index in [1.54, 1.807) is 36.4 Å². The summed E-state index contributed by atoms with van der Waals surface area (Å²) in [6.07, 6.45) is 0. The molecule has 2 aromatic rings. The van der Waals surface area contributed by atoms with Gasteiger partial charge in [-0.3, -0.25) is 9.52 Å². The summed E-state index contributed by atoms with van der Waals surface area (Å²) in [5.74, 6) is -0.0828. The first-order valence-corrected chi connectivity index (χ1v) is 9.01. The number of thioether (sulfide) groups is 1. The molecule has 0 aromatic heterocycles. The fourth-order valence-electron chi connectivity index (χ4n) is 2.09. The molecule has 0 bridgehead atoms. The molecule has 3 rings (SSSR count). The summed E-state index contributed by atoms with van der Waals surface area (Å²) in [5.41, 5.74) is 1.04. The number of carbonyl (C=O) groups excluding carboxylic acids is 1. The number of benzene rings is 2. The zero-order chi connectivity index (χ0) is 15.7. The maximum absolute atomic E-state index is 12.3. The third-order valence-electron chi connectivity index (χ3n) is 3.22. The predicted octanol–water partition coefficient (Wildman–Crippen LogP) is 2.92. The Kier molecular flexibility index (Phi) is 3.84. The second kappa shape index (κ2) is 5.66. The van der Waals surface area contributed by atoms with Crippen molar-refractivity contribution in [3.05, 3.63) is 48.5 Å². The predicted molar refractivity (Wildman–Crippen MR) is 87.6 cm³/mol. The summed E-state index contributed by atoms with van der Waals surface area (Å²) in [6.45, 7) is 1.83. The van der Waals surface area contributed by atoms with Gasteiger partial charge in [-0.25, -0.2) is 8.42 Å². The lowest BCUT2D eigenvalue weighted by Crippen LogP contribution is -2.26. The number of hydrogen-bond donors (Lipinski definition) is 2. The second-order valence-electron chi connectivity index (χ2n) is 4.88. The Morgan fingerprint density at radius 3 is 2.59 bits per heavy atom. The first-order valence-electron chi connectivity index (χ1n) is 6.65. The Bertz CT molecular complexity index is 820. The molecule has 2 N–H and O–H groups in total. The fourth-order valence-corrected chi connectivity index (χ4v) is 4.09.